The first kappa shape index (κ1) is 23.8. The Bertz CT molecular complexity index is 1380. The lowest BCUT2D eigenvalue weighted by Gasteiger charge is -2.29. The van der Waals surface area contributed by atoms with Gasteiger partial charge in [0.1, 0.15) is 0 Å². The maximum Gasteiger partial charge on any atom is 0.226 e. The minimum atomic E-state index is -0.142. The van der Waals surface area contributed by atoms with E-state index in [-0.39, 0.29) is 18.0 Å². The number of para-hydroxylation sites is 1. The summed E-state index contributed by atoms with van der Waals surface area (Å²) >= 11 is 5.80. The van der Waals surface area contributed by atoms with Gasteiger partial charge in [0.2, 0.25) is 5.91 Å². The highest BCUT2D eigenvalue weighted by molar-refractivity contribution is 7.80. The van der Waals surface area contributed by atoms with E-state index in [1.165, 1.54) is 5.56 Å². The highest BCUT2D eigenvalue weighted by Gasteiger charge is 2.41. The van der Waals surface area contributed by atoms with E-state index in [2.05, 4.69) is 62.5 Å². The third-order valence-corrected chi connectivity index (χ3v) is 6.89. The van der Waals surface area contributed by atoms with E-state index in [0.29, 0.717) is 18.1 Å². The van der Waals surface area contributed by atoms with Gasteiger partial charge in [0.25, 0.3) is 0 Å². The molecule has 3 heterocycles. The fraction of sp³-hybridized carbons (Fsp3) is 0.207. The summed E-state index contributed by atoms with van der Waals surface area (Å²) in [7, 11) is 0. The highest BCUT2D eigenvalue weighted by atomic mass is 32.1. The number of nitrogens with zero attached hydrogens (tertiary/aromatic N) is 3. The molecule has 182 valence electrons. The molecule has 2 N–H and O–H groups in total. The van der Waals surface area contributed by atoms with Crippen LogP contribution >= 0.6 is 12.2 Å². The molecule has 1 aliphatic rings. The number of hydrogen-bond acceptors (Lipinski definition) is 3. The number of benzene rings is 2. The number of nitrogens with one attached hydrogen (secondary N) is 2. The number of aromatic nitrogens is 2. The van der Waals surface area contributed by atoms with Crippen molar-refractivity contribution in [2.75, 3.05) is 11.9 Å². The van der Waals surface area contributed by atoms with Crippen molar-refractivity contribution in [3.8, 4) is 5.69 Å². The van der Waals surface area contributed by atoms with Crippen molar-refractivity contribution in [1.82, 2.24) is 19.8 Å². The number of pyridine rings is 1. The van der Waals surface area contributed by atoms with Gasteiger partial charge in [-0.05, 0) is 79.7 Å². The summed E-state index contributed by atoms with van der Waals surface area (Å²) in [6, 6.07) is 26.0. The Labute approximate surface area is 217 Å². The van der Waals surface area contributed by atoms with Crippen molar-refractivity contribution in [2.24, 2.45) is 0 Å². The van der Waals surface area contributed by atoms with Crippen LogP contribution in [0.4, 0.5) is 5.69 Å². The minimum absolute atomic E-state index is 0.0438. The van der Waals surface area contributed by atoms with Gasteiger partial charge in [0.15, 0.2) is 5.11 Å². The van der Waals surface area contributed by atoms with Crippen molar-refractivity contribution in [3.05, 3.63) is 114 Å². The molecule has 0 saturated carbocycles. The van der Waals surface area contributed by atoms with Crippen LogP contribution < -0.4 is 10.6 Å². The fourth-order valence-corrected chi connectivity index (χ4v) is 5.16. The van der Waals surface area contributed by atoms with E-state index in [9.17, 15) is 4.79 Å². The third kappa shape index (κ3) is 4.88. The molecule has 2 aromatic heterocycles. The molecule has 5 rings (SSSR count). The summed E-state index contributed by atoms with van der Waals surface area (Å²) in [6.07, 6.45) is 4.19. The van der Waals surface area contributed by atoms with Gasteiger partial charge in [-0.15, -0.1) is 0 Å². The number of hydrogen-bond donors (Lipinski definition) is 2. The zero-order valence-electron chi connectivity index (χ0n) is 20.4. The van der Waals surface area contributed by atoms with Crippen molar-refractivity contribution in [2.45, 2.75) is 32.4 Å². The van der Waals surface area contributed by atoms with Gasteiger partial charge in [-0.2, -0.15) is 0 Å². The molecule has 4 aromatic rings. The molecule has 2 unspecified atom stereocenters. The third-order valence-electron chi connectivity index (χ3n) is 6.54. The number of thiocarbonyl (C=S) groups is 1. The lowest BCUT2D eigenvalue weighted by atomic mass is 10.0. The number of carbonyl (C=O) groups excluding carboxylic acids is 1. The molecule has 0 bridgehead atoms. The SMILES string of the molecule is Cc1cccc(NC(=O)CCN2C(=S)NC(c3ccccn3)C2c2cccn2-c2ccccc2C)c1. The molecule has 1 fully saturated rings. The summed E-state index contributed by atoms with van der Waals surface area (Å²) in [4.78, 5) is 19.6. The Morgan fingerprint density at radius 2 is 1.86 bits per heavy atom. The first-order chi connectivity index (χ1) is 17.5. The maximum absolute atomic E-state index is 12.8. The van der Waals surface area contributed by atoms with Crippen LogP contribution in [-0.4, -0.2) is 32.0 Å². The summed E-state index contributed by atoms with van der Waals surface area (Å²) in [5.74, 6) is -0.0438. The fourth-order valence-electron chi connectivity index (χ4n) is 4.82. The first-order valence-electron chi connectivity index (χ1n) is 12.1. The Hall–Kier alpha value is -3.97. The van der Waals surface area contributed by atoms with E-state index in [1.807, 2.05) is 61.5 Å². The Kier molecular flexibility index (Phi) is 6.82. The molecule has 2 aromatic carbocycles. The molecule has 36 heavy (non-hydrogen) atoms. The monoisotopic (exact) mass is 495 g/mol. The van der Waals surface area contributed by atoms with Crippen LogP contribution in [0.3, 0.4) is 0 Å². The van der Waals surface area contributed by atoms with Gasteiger partial charge in [-0.1, -0.05) is 36.4 Å². The highest BCUT2D eigenvalue weighted by Crippen LogP contribution is 2.39. The molecular formula is C29H29N5OS. The van der Waals surface area contributed by atoms with Crippen molar-refractivity contribution >= 4 is 28.9 Å². The summed E-state index contributed by atoms with van der Waals surface area (Å²) in [5.41, 5.74) is 6.21. The van der Waals surface area contributed by atoms with E-state index in [0.717, 1.165) is 28.3 Å². The average Bonchev–Trinajstić information content (AvgIpc) is 3.47. The minimum Gasteiger partial charge on any atom is -0.352 e. The maximum atomic E-state index is 12.8. The normalized spacial score (nSPS) is 17.2. The van der Waals surface area contributed by atoms with Crippen LogP contribution in [0.5, 0.6) is 0 Å². The van der Waals surface area contributed by atoms with Gasteiger partial charge >= 0.3 is 0 Å². The predicted molar refractivity (Wildman–Crippen MR) is 147 cm³/mol. The largest absolute Gasteiger partial charge is 0.352 e. The quantitative estimate of drug-likeness (QED) is 0.332. The molecule has 2 atom stereocenters. The van der Waals surface area contributed by atoms with Gasteiger partial charge in [0.05, 0.1) is 17.8 Å². The summed E-state index contributed by atoms with van der Waals surface area (Å²) in [5, 5.41) is 7.12. The molecule has 1 saturated heterocycles. The van der Waals surface area contributed by atoms with Crippen LogP contribution in [0.1, 0.15) is 41.0 Å². The van der Waals surface area contributed by atoms with Gasteiger partial charge in [0, 0.05) is 42.4 Å². The number of carbonyl (C=O) groups is 1. The van der Waals surface area contributed by atoms with Crippen molar-refractivity contribution < 1.29 is 4.79 Å². The van der Waals surface area contributed by atoms with Crippen LogP contribution in [0.15, 0.2) is 91.3 Å². The Morgan fingerprint density at radius 1 is 1.03 bits per heavy atom. The number of anilines is 1. The topological polar surface area (TPSA) is 62.2 Å². The summed E-state index contributed by atoms with van der Waals surface area (Å²) < 4.78 is 2.21. The molecular weight excluding hydrogens is 466 g/mol. The standard InChI is InChI=1S/C29H29N5OS/c1-20-9-7-11-22(19-20)31-26(35)15-18-34-28(27(32-29(34)36)23-12-5-6-16-30-23)25-14-8-17-33(25)24-13-4-3-10-21(24)2/h3-14,16-17,19,27-28H,15,18H2,1-2H3,(H,31,35)(H,32,36). The van der Waals surface area contributed by atoms with Crippen LogP contribution in [-0.2, 0) is 4.79 Å². The lowest BCUT2D eigenvalue weighted by molar-refractivity contribution is -0.116. The van der Waals surface area contributed by atoms with Crippen LogP contribution in [0.2, 0.25) is 0 Å². The molecule has 7 heteroatoms. The number of rotatable bonds is 7. The van der Waals surface area contributed by atoms with E-state index in [1.54, 1.807) is 6.20 Å². The first-order valence-corrected chi connectivity index (χ1v) is 12.5. The molecule has 6 nitrogen and oxygen atoms in total. The van der Waals surface area contributed by atoms with E-state index in [4.69, 9.17) is 12.2 Å². The zero-order valence-corrected chi connectivity index (χ0v) is 21.2. The van der Waals surface area contributed by atoms with Crippen molar-refractivity contribution in [1.29, 1.82) is 0 Å². The van der Waals surface area contributed by atoms with Crippen LogP contribution in [0.25, 0.3) is 5.69 Å². The van der Waals surface area contributed by atoms with Gasteiger partial charge < -0.3 is 20.1 Å². The van der Waals surface area contributed by atoms with Crippen molar-refractivity contribution in [3.63, 3.8) is 0 Å². The molecule has 1 aliphatic heterocycles. The molecule has 0 spiro atoms. The number of aryl methyl sites for hydroxylation is 2. The van der Waals surface area contributed by atoms with E-state index >= 15 is 0 Å². The number of amides is 1. The Morgan fingerprint density at radius 3 is 2.64 bits per heavy atom. The molecule has 1 amide bonds. The second-order valence-electron chi connectivity index (χ2n) is 9.08. The second kappa shape index (κ2) is 10.3. The van der Waals surface area contributed by atoms with Gasteiger partial charge in [-0.3, -0.25) is 9.78 Å². The molecule has 0 aliphatic carbocycles. The second-order valence-corrected chi connectivity index (χ2v) is 9.46. The molecule has 0 radical (unpaired) electrons. The van der Waals surface area contributed by atoms with Gasteiger partial charge in [-0.25, -0.2) is 0 Å². The summed E-state index contributed by atoms with van der Waals surface area (Å²) in [6.45, 7) is 4.60. The smallest absolute Gasteiger partial charge is 0.226 e. The Balaban J connectivity index is 1.45. The predicted octanol–water partition coefficient (Wildman–Crippen LogP) is 5.49. The van der Waals surface area contributed by atoms with Crippen LogP contribution in [0, 0.1) is 13.8 Å². The zero-order chi connectivity index (χ0) is 25.1. The average molecular weight is 496 g/mol. The van der Waals surface area contributed by atoms with E-state index < -0.39 is 0 Å². The lowest BCUT2D eigenvalue weighted by Crippen LogP contribution is -2.33.